The van der Waals surface area contributed by atoms with Crippen molar-refractivity contribution in [1.82, 2.24) is 14.9 Å². The first-order chi connectivity index (χ1) is 14.2. The van der Waals surface area contributed by atoms with Crippen LogP contribution >= 0.6 is 11.6 Å². The number of aliphatic hydroxyl groups excluding tert-OH is 1. The normalized spacial score (nSPS) is 13.0. The molecule has 0 aliphatic heterocycles. The van der Waals surface area contributed by atoms with Crippen LogP contribution in [-0.2, 0) is 12.7 Å². The van der Waals surface area contributed by atoms with Gasteiger partial charge >= 0.3 is 6.18 Å². The molecular formula is C20H16ClF3N4O2. The minimum Gasteiger partial charge on any atom is -0.369 e. The molecule has 2 aromatic heterocycles. The molecule has 10 heteroatoms. The predicted molar refractivity (Wildman–Crippen MR) is 105 cm³/mol. The van der Waals surface area contributed by atoms with Crippen molar-refractivity contribution >= 4 is 28.3 Å². The number of nitrogens with zero attached hydrogens (tertiary/aromatic N) is 3. The standard InChI is InChI=1S/C20H16ClF3N4O2/c1-11-14(10-30-27-11)19(29)25-18-17-15(21)3-2-4-16(17)28(26-18)9-12-5-7-13(8-6-12)20(22,23)24/h2-8,10,19,29H,9H2,1H3,(H,25,26). The van der Waals surface area contributed by atoms with Crippen LogP contribution in [0.1, 0.15) is 28.6 Å². The van der Waals surface area contributed by atoms with Crippen LogP contribution in [0.5, 0.6) is 0 Å². The van der Waals surface area contributed by atoms with E-state index in [1.165, 1.54) is 18.4 Å². The molecule has 0 aliphatic rings. The zero-order chi connectivity index (χ0) is 21.5. The van der Waals surface area contributed by atoms with E-state index < -0.39 is 18.0 Å². The zero-order valence-electron chi connectivity index (χ0n) is 15.6. The van der Waals surface area contributed by atoms with Crippen molar-refractivity contribution in [1.29, 1.82) is 0 Å². The number of nitrogens with one attached hydrogen (secondary N) is 1. The third-order valence-electron chi connectivity index (χ3n) is 4.70. The van der Waals surface area contributed by atoms with Crippen molar-refractivity contribution in [3.8, 4) is 0 Å². The summed E-state index contributed by atoms with van der Waals surface area (Å²) in [6.45, 7) is 1.91. The summed E-state index contributed by atoms with van der Waals surface area (Å²) in [6, 6.07) is 10.1. The maximum absolute atomic E-state index is 12.8. The SMILES string of the molecule is Cc1nocc1C(O)Nc1nn(Cc2ccc(C(F)(F)F)cc2)c2cccc(Cl)c12. The van der Waals surface area contributed by atoms with Gasteiger partial charge in [-0.05, 0) is 36.8 Å². The van der Waals surface area contributed by atoms with Crippen LogP contribution < -0.4 is 5.32 Å². The fourth-order valence-corrected chi connectivity index (χ4v) is 3.41. The molecule has 0 aliphatic carbocycles. The second kappa shape index (κ2) is 7.66. The lowest BCUT2D eigenvalue weighted by Crippen LogP contribution is -2.11. The van der Waals surface area contributed by atoms with Gasteiger partial charge in [-0.15, -0.1) is 0 Å². The lowest BCUT2D eigenvalue weighted by molar-refractivity contribution is -0.137. The molecule has 0 fully saturated rings. The quantitative estimate of drug-likeness (QED) is 0.423. The molecule has 0 saturated heterocycles. The van der Waals surface area contributed by atoms with Crippen LogP contribution in [0.2, 0.25) is 5.02 Å². The predicted octanol–water partition coefficient (Wildman–Crippen LogP) is 5.16. The number of alkyl halides is 3. The third-order valence-corrected chi connectivity index (χ3v) is 5.01. The van der Waals surface area contributed by atoms with Gasteiger partial charge < -0.3 is 14.9 Å². The van der Waals surface area contributed by atoms with Gasteiger partial charge in [-0.1, -0.05) is 35.0 Å². The minimum absolute atomic E-state index is 0.221. The molecule has 1 unspecified atom stereocenters. The van der Waals surface area contributed by atoms with Crippen LogP contribution in [0.25, 0.3) is 10.9 Å². The molecule has 0 saturated carbocycles. The third kappa shape index (κ3) is 3.86. The van der Waals surface area contributed by atoms with E-state index >= 15 is 0 Å². The van der Waals surface area contributed by atoms with Crippen LogP contribution in [0.15, 0.2) is 53.3 Å². The number of anilines is 1. The Bertz CT molecular complexity index is 1190. The Morgan fingerprint density at radius 1 is 1.20 bits per heavy atom. The fourth-order valence-electron chi connectivity index (χ4n) is 3.15. The number of rotatable bonds is 5. The summed E-state index contributed by atoms with van der Waals surface area (Å²) in [7, 11) is 0. The molecule has 2 heterocycles. The number of aliphatic hydroxyl groups is 1. The maximum atomic E-state index is 12.8. The first kappa shape index (κ1) is 20.2. The average Bonchev–Trinajstić information content (AvgIpc) is 3.26. The van der Waals surface area contributed by atoms with Gasteiger partial charge in [0.1, 0.15) is 6.26 Å². The van der Waals surface area contributed by atoms with Gasteiger partial charge in [0, 0.05) is 0 Å². The molecule has 0 bridgehead atoms. The summed E-state index contributed by atoms with van der Waals surface area (Å²) in [4.78, 5) is 0. The number of fused-ring (bicyclic) bond motifs is 1. The first-order valence-corrected chi connectivity index (χ1v) is 9.28. The van der Waals surface area contributed by atoms with E-state index in [9.17, 15) is 18.3 Å². The Kier molecular flexibility index (Phi) is 5.17. The van der Waals surface area contributed by atoms with Crippen molar-refractivity contribution in [3.63, 3.8) is 0 Å². The topological polar surface area (TPSA) is 76.1 Å². The van der Waals surface area contributed by atoms with Gasteiger partial charge in [0.25, 0.3) is 0 Å². The zero-order valence-corrected chi connectivity index (χ0v) is 16.4. The average molecular weight is 437 g/mol. The van der Waals surface area contributed by atoms with Crippen LogP contribution in [0.4, 0.5) is 19.0 Å². The lowest BCUT2D eigenvalue weighted by Gasteiger charge is -2.11. The van der Waals surface area contributed by atoms with Gasteiger partial charge in [0.15, 0.2) is 12.0 Å². The van der Waals surface area contributed by atoms with Crippen molar-refractivity contribution in [2.45, 2.75) is 25.9 Å². The van der Waals surface area contributed by atoms with E-state index in [4.69, 9.17) is 16.1 Å². The highest BCUT2D eigenvalue weighted by Gasteiger charge is 2.30. The number of hydrogen-bond donors (Lipinski definition) is 2. The van der Waals surface area contributed by atoms with Crippen LogP contribution in [-0.4, -0.2) is 20.0 Å². The molecule has 0 radical (unpaired) electrons. The molecule has 0 spiro atoms. The highest BCUT2D eigenvalue weighted by atomic mass is 35.5. The number of hydrogen-bond acceptors (Lipinski definition) is 5. The number of aromatic nitrogens is 3. The first-order valence-electron chi connectivity index (χ1n) is 8.90. The molecule has 4 rings (SSSR count). The van der Waals surface area contributed by atoms with Gasteiger partial charge in [0.2, 0.25) is 0 Å². The molecule has 0 amide bonds. The number of halogens is 4. The molecular weight excluding hydrogens is 421 g/mol. The second-order valence-corrected chi connectivity index (χ2v) is 7.14. The summed E-state index contributed by atoms with van der Waals surface area (Å²) in [6.07, 6.45) is -4.20. The summed E-state index contributed by atoms with van der Waals surface area (Å²) in [5.74, 6) is 0.329. The van der Waals surface area contributed by atoms with Crippen molar-refractivity contribution in [3.05, 3.63) is 76.1 Å². The van der Waals surface area contributed by atoms with Gasteiger partial charge in [-0.25, -0.2) is 0 Å². The van der Waals surface area contributed by atoms with Crippen LogP contribution in [0.3, 0.4) is 0 Å². The highest BCUT2D eigenvalue weighted by Crippen LogP contribution is 2.33. The maximum Gasteiger partial charge on any atom is 0.416 e. The molecule has 1 atom stereocenters. The summed E-state index contributed by atoms with van der Waals surface area (Å²) >= 11 is 6.36. The summed E-state index contributed by atoms with van der Waals surface area (Å²) in [5, 5.41) is 22.6. The van der Waals surface area contributed by atoms with E-state index in [1.54, 1.807) is 29.8 Å². The van der Waals surface area contributed by atoms with Crippen molar-refractivity contribution in [2.24, 2.45) is 0 Å². The second-order valence-electron chi connectivity index (χ2n) is 6.74. The molecule has 2 N–H and O–H groups in total. The Morgan fingerprint density at radius 3 is 2.57 bits per heavy atom. The minimum atomic E-state index is -4.39. The molecule has 2 aromatic carbocycles. The molecule has 4 aromatic rings. The Hall–Kier alpha value is -3.04. The largest absolute Gasteiger partial charge is 0.416 e. The number of benzene rings is 2. The van der Waals surface area contributed by atoms with E-state index in [2.05, 4.69) is 15.6 Å². The Labute approximate surface area is 173 Å². The van der Waals surface area contributed by atoms with E-state index in [1.807, 2.05) is 0 Å². The Balaban J connectivity index is 1.68. The van der Waals surface area contributed by atoms with Gasteiger partial charge in [-0.2, -0.15) is 18.3 Å². The fraction of sp³-hybridized carbons (Fsp3) is 0.200. The van der Waals surface area contributed by atoms with E-state index in [0.29, 0.717) is 38.6 Å². The number of aryl methyl sites for hydroxylation is 1. The van der Waals surface area contributed by atoms with Gasteiger partial charge in [-0.3, -0.25) is 4.68 Å². The molecule has 156 valence electrons. The van der Waals surface area contributed by atoms with Crippen molar-refractivity contribution < 1.29 is 22.8 Å². The van der Waals surface area contributed by atoms with E-state index in [-0.39, 0.29) is 6.54 Å². The smallest absolute Gasteiger partial charge is 0.369 e. The van der Waals surface area contributed by atoms with Gasteiger partial charge in [0.05, 0.1) is 39.3 Å². The van der Waals surface area contributed by atoms with Crippen LogP contribution in [0, 0.1) is 6.92 Å². The lowest BCUT2D eigenvalue weighted by atomic mass is 10.1. The van der Waals surface area contributed by atoms with E-state index in [0.717, 1.165) is 12.1 Å². The Morgan fingerprint density at radius 2 is 1.93 bits per heavy atom. The molecule has 30 heavy (non-hydrogen) atoms. The summed E-state index contributed by atoms with van der Waals surface area (Å²) in [5.41, 5.74) is 1.56. The summed E-state index contributed by atoms with van der Waals surface area (Å²) < 4.78 is 44.8. The molecule has 6 nitrogen and oxygen atoms in total. The van der Waals surface area contributed by atoms with Crippen molar-refractivity contribution in [2.75, 3.05) is 5.32 Å². The monoisotopic (exact) mass is 436 g/mol. The highest BCUT2D eigenvalue weighted by molar-refractivity contribution is 6.36.